The molecular formula is C16H19ClN4O2. The van der Waals surface area contributed by atoms with Crippen molar-refractivity contribution in [2.75, 3.05) is 18.0 Å². The van der Waals surface area contributed by atoms with Gasteiger partial charge in [-0.05, 0) is 26.0 Å². The van der Waals surface area contributed by atoms with Gasteiger partial charge in [0.2, 0.25) is 5.91 Å². The summed E-state index contributed by atoms with van der Waals surface area (Å²) in [7, 11) is 0. The molecular weight excluding hydrogens is 316 g/mol. The second-order valence-electron chi connectivity index (χ2n) is 4.94. The first-order chi connectivity index (χ1) is 11.1. The molecule has 2 N–H and O–H groups in total. The molecule has 1 aromatic heterocycles. The van der Waals surface area contributed by atoms with Crippen LogP contribution in [0.4, 0.5) is 5.82 Å². The number of nitrogens with one attached hydrogen (secondary N) is 1. The third-order valence-corrected chi connectivity index (χ3v) is 3.64. The van der Waals surface area contributed by atoms with E-state index in [1.54, 1.807) is 23.7 Å². The largest absolute Gasteiger partial charge is 0.357 e. The average molecular weight is 335 g/mol. The predicted octanol–water partition coefficient (Wildman–Crippen LogP) is 2.69. The van der Waals surface area contributed by atoms with Crippen LogP contribution in [0.2, 0.25) is 5.02 Å². The van der Waals surface area contributed by atoms with E-state index in [9.17, 15) is 4.79 Å². The molecule has 122 valence electrons. The Labute approximate surface area is 140 Å². The maximum atomic E-state index is 11.4. The van der Waals surface area contributed by atoms with Crippen LogP contribution in [0.1, 0.15) is 19.5 Å². The van der Waals surface area contributed by atoms with Crippen molar-refractivity contribution in [1.82, 2.24) is 15.4 Å². The average Bonchev–Trinajstić information content (AvgIpc) is 2.55. The van der Waals surface area contributed by atoms with Crippen molar-refractivity contribution < 1.29 is 10.0 Å². The molecule has 0 saturated heterocycles. The lowest BCUT2D eigenvalue weighted by atomic mass is 10.2. The summed E-state index contributed by atoms with van der Waals surface area (Å²) in [4.78, 5) is 22.5. The van der Waals surface area contributed by atoms with Gasteiger partial charge in [-0.15, -0.1) is 0 Å². The van der Waals surface area contributed by atoms with E-state index < -0.39 is 5.91 Å². The summed E-state index contributed by atoms with van der Waals surface area (Å²) in [6.45, 7) is 5.64. The third kappa shape index (κ3) is 4.40. The van der Waals surface area contributed by atoms with Crippen LogP contribution in [0, 0.1) is 0 Å². The molecule has 0 aliphatic rings. The van der Waals surface area contributed by atoms with Gasteiger partial charge >= 0.3 is 0 Å². The van der Waals surface area contributed by atoms with Crippen molar-refractivity contribution in [3.05, 3.63) is 41.0 Å². The van der Waals surface area contributed by atoms with E-state index in [4.69, 9.17) is 16.8 Å². The molecule has 0 unspecified atom stereocenters. The van der Waals surface area contributed by atoms with Gasteiger partial charge in [0.15, 0.2) is 5.82 Å². The molecule has 1 heterocycles. The minimum absolute atomic E-state index is 0.0269. The molecule has 23 heavy (non-hydrogen) atoms. The van der Waals surface area contributed by atoms with Gasteiger partial charge in [-0.1, -0.05) is 23.7 Å². The number of halogens is 1. The number of hydrogen-bond acceptors (Lipinski definition) is 5. The fraction of sp³-hybridized carbons (Fsp3) is 0.312. The molecule has 0 fully saturated rings. The van der Waals surface area contributed by atoms with E-state index in [-0.39, 0.29) is 6.42 Å². The van der Waals surface area contributed by atoms with Crippen molar-refractivity contribution in [2.45, 2.75) is 20.3 Å². The lowest BCUT2D eigenvalue weighted by Crippen LogP contribution is -2.25. The van der Waals surface area contributed by atoms with Crippen LogP contribution >= 0.6 is 11.6 Å². The summed E-state index contributed by atoms with van der Waals surface area (Å²) in [6.07, 6.45) is -0.0269. The fourth-order valence-electron chi connectivity index (χ4n) is 2.24. The summed E-state index contributed by atoms with van der Waals surface area (Å²) in [5.41, 5.74) is 2.93. The number of hydrogen-bond donors (Lipinski definition) is 2. The zero-order valence-corrected chi connectivity index (χ0v) is 13.8. The summed E-state index contributed by atoms with van der Waals surface area (Å²) < 4.78 is 0. The van der Waals surface area contributed by atoms with Gasteiger partial charge in [0.1, 0.15) is 5.82 Å². The van der Waals surface area contributed by atoms with Gasteiger partial charge in [-0.2, -0.15) is 0 Å². The van der Waals surface area contributed by atoms with Crippen molar-refractivity contribution in [3.8, 4) is 11.4 Å². The van der Waals surface area contributed by atoms with Crippen LogP contribution in [0.5, 0.6) is 0 Å². The first kappa shape index (κ1) is 17.2. The minimum Gasteiger partial charge on any atom is -0.357 e. The lowest BCUT2D eigenvalue weighted by molar-refractivity contribution is -0.128. The Morgan fingerprint density at radius 1 is 1.26 bits per heavy atom. The molecule has 2 rings (SSSR count). The molecule has 7 heteroatoms. The highest BCUT2D eigenvalue weighted by Gasteiger charge is 2.13. The molecule has 1 aromatic carbocycles. The molecule has 0 radical (unpaired) electrons. The third-order valence-electron chi connectivity index (χ3n) is 3.40. The fourth-order valence-corrected chi connectivity index (χ4v) is 2.43. The highest BCUT2D eigenvalue weighted by molar-refractivity contribution is 6.30. The highest BCUT2D eigenvalue weighted by Crippen LogP contribution is 2.23. The number of anilines is 1. The minimum atomic E-state index is -0.522. The predicted molar refractivity (Wildman–Crippen MR) is 89.7 cm³/mol. The van der Waals surface area contributed by atoms with E-state index in [1.807, 2.05) is 26.0 Å². The summed E-state index contributed by atoms with van der Waals surface area (Å²) in [6, 6.07) is 9.00. The Balaban J connectivity index is 2.50. The van der Waals surface area contributed by atoms with Gasteiger partial charge in [-0.25, -0.2) is 15.4 Å². The first-order valence-electron chi connectivity index (χ1n) is 7.39. The first-order valence-corrected chi connectivity index (χ1v) is 7.77. The molecule has 1 amide bonds. The summed E-state index contributed by atoms with van der Waals surface area (Å²) >= 11 is 6.04. The van der Waals surface area contributed by atoms with Gasteiger partial charge in [0.25, 0.3) is 0 Å². The Morgan fingerprint density at radius 2 is 2.00 bits per heavy atom. The van der Waals surface area contributed by atoms with Crippen LogP contribution in [0.25, 0.3) is 11.4 Å². The normalized spacial score (nSPS) is 10.4. The standard InChI is InChI=1S/C16H19ClN4O2/c1-3-21(4-2)14-9-13(10-15(22)20-23)18-16(19-14)11-6-5-7-12(17)8-11/h5-9,23H,3-4,10H2,1-2H3,(H,20,22). The molecule has 0 aliphatic carbocycles. The maximum absolute atomic E-state index is 11.4. The summed E-state index contributed by atoms with van der Waals surface area (Å²) in [5, 5.41) is 9.31. The smallest absolute Gasteiger partial charge is 0.249 e. The second kappa shape index (κ2) is 7.89. The number of aromatic nitrogens is 2. The molecule has 0 saturated carbocycles. The van der Waals surface area contributed by atoms with Crippen LogP contribution in [-0.4, -0.2) is 34.2 Å². The van der Waals surface area contributed by atoms with E-state index in [0.29, 0.717) is 16.5 Å². The zero-order valence-electron chi connectivity index (χ0n) is 13.1. The van der Waals surface area contributed by atoms with Crippen molar-refractivity contribution in [1.29, 1.82) is 0 Å². The quantitative estimate of drug-likeness (QED) is 0.627. The van der Waals surface area contributed by atoms with Crippen molar-refractivity contribution in [3.63, 3.8) is 0 Å². The molecule has 0 bridgehead atoms. The topological polar surface area (TPSA) is 78.4 Å². The molecule has 0 atom stereocenters. The number of amides is 1. The van der Waals surface area contributed by atoms with E-state index >= 15 is 0 Å². The van der Waals surface area contributed by atoms with Crippen LogP contribution < -0.4 is 10.4 Å². The van der Waals surface area contributed by atoms with E-state index in [2.05, 4.69) is 14.9 Å². The zero-order chi connectivity index (χ0) is 16.8. The Hall–Kier alpha value is -2.18. The SMILES string of the molecule is CCN(CC)c1cc(CC(=O)NO)nc(-c2cccc(Cl)c2)n1. The van der Waals surface area contributed by atoms with Gasteiger partial charge in [0.05, 0.1) is 12.1 Å². The summed E-state index contributed by atoms with van der Waals surface area (Å²) in [5.74, 6) is 0.713. The molecule has 2 aromatic rings. The van der Waals surface area contributed by atoms with Crippen LogP contribution in [0.3, 0.4) is 0 Å². The van der Waals surface area contributed by atoms with Crippen LogP contribution in [0.15, 0.2) is 30.3 Å². The monoisotopic (exact) mass is 334 g/mol. The number of carbonyl (C=O) groups is 1. The van der Waals surface area contributed by atoms with Crippen molar-refractivity contribution in [2.24, 2.45) is 0 Å². The number of rotatable bonds is 6. The van der Waals surface area contributed by atoms with E-state index in [0.717, 1.165) is 24.5 Å². The van der Waals surface area contributed by atoms with Crippen LogP contribution in [-0.2, 0) is 11.2 Å². The van der Waals surface area contributed by atoms with Gasteiger partial charge in [-0.3, -0.25) is 10.0 Å². The lowest BCUT2D eigenvalue weighted by Gasteiger charge is -2.21. The molecule has 6 nitrogen and oxygen atoms in total. The van der Waals surface area contributed by atoms with Crippen molar-refractivity contribution >= 4 is 23.3 Å². The van der Waals surface area contributed by atoms with Gasteiger partial charge < -0.3 is 4.90 Å². The number of benzene rings is 1. The Morgan fingerprint density at radius 3 is 2.61 bits per heavy atom. The van der Waals surface area contributed by atoms with E-state index in [1.165, 1.54) is 0 Å². The molecule has 0 aliphatic heterocycles. The molecule has 0 spiro atoms. The number of carbonyl (C=O) groups excluding carboxylic acids is 1. The number of nitrogens with zero attached hydrogens (tertiary/aromatic N) is 3. The highest BCUT2D eigenvalue weighted by atomic mass is 35.5. The van der Waals surface area contributed by atoms with Gasteiger partial charge in [0, 0.05) is 29.7 Å². The number of hydroxylamine groups is 1. The Bertz CT molecular complexity index is 690. The Kier molecular flexibility index (Phi) is 5.90. The second-order valence-corrected chi connectivity index (χ2v) is 5.37. The maximum Gasteiger partial charge on any atom is 0.249 e.